The maximum Gasteiger partial charge on any atom is 0.500 e. The Morgan fingerprint density at radius 1 is 0.880 bits per heavy atom. The molecule has 0 aliphatic carbocycles. The summed E-state index contributed by atoms with van der Waals surface area (Å²) in [6.45, 7) is 8.05. The van der Waals surface area contributed by atoms with Crippen LogP contribution in [0, 0.1) is 0 Å². The van der Waals surface area contributed by atoms with Gasteiger partial charge in [-0.1, -0.05) is 0 Å². The van der Waals surface area contributed by atoms with Gasteiger partial charge < -0.3 is 18.8 Å². The number of rotatable bonds is 4. The van der Waals surface area contributed by atoms with Gasteiger partial charge in [-0.3, -0.25) is 0 Å². The fourth-order valence-electron chi connectivity index (χ4n) is 2.60. The molecule has 132 valence electrons. The van der Waals surface area contributed by atoms with Gasteiger partial charge in [-0.25, -0.2) is 0 Å². The lowest BCUT2D eigenvalue weighted by Gasteiger charge is -2.32. The Labute approximate surface area is 148 Å². The van der Waals surface area contributed by atoms with E-state index in [0.29, 0.717) is 11.6 Å². The minimum absolute atomic E-state index is 0.399. The van der Waals surface area contributed by atoms with E-state index in [1.54, 1.807) is 14.2 Å². The van der Waals surface area contributed by atoms with Crippen molar-refractivity contribution in [2.24, 2.45) is 0 Å². The van der Waals surface area contributed by atoms with Crippen LogP contribution in [0.4, 0.5) is 0 Å². The van der Waals surface area contributed by atoms with Gasteiger partial charge in [-0.2, -0.15) is 0 Å². The van der Waals surface area contributed by atoms with Gasteiger partial charge >= 0.3 is 7.12 Å². The SMILES string of the molecule is COc1ccc(-c2cc(B3OC(C)(C)C(C)(C)O3)c(OC)nn2)cc1. The molecule has 0 N–H and O–H groups in total. The lowest BCUT2D eigenvalue weighted by molar-refractivity contribution is 0.00578. The van der Waals surface area contributed by atoms with Crippen LogP contribution in [-0.2, 0) is 9.31 Å². The van der Waals surface area contributed by atoms with Crippen molar-refractivity contribution in [1.82, 2.24) is 10.2 Å². The number of benzene rings is 1. The monoisotopic (exact) mass is 342 g/mol. The fraction of sp³-hybridized carbons (Fsp3) is 0.444. The van der Waals surface area contributed by atoms with Crippen LogP contribution in [0.2, 0.25) is 0 Å². The zero-order valence-corrected chi connectivity index (χ0v) is 15.5. The van der Waals surface area contributed by atoms with E-state index in [-0.39, 0.29) is 0 Å². The molecule has 6 nitrogen and oxygen atoms in total. The molecule has 0 amide bonds. The van der Waals surface area contributed by atoms with Crippen LogP contribution in [-0.4, -0.2) is 42.7 Å². The molecule has 2 aromatic rings. The molecular weight excluding hydrogens is 319 g/mol. The summed E-state index contributed by atoms with van der Waals surface area (Å²) in [5.41, 5.74) is 1.49. The zero-order valence-electron chi connectivity index (χ0n) is 15.5. The lowest BCUT2D eigenvalue weighted by Crippen LogP contribution is -2.41. The van der Waals surface area contributed by atoms with E-state index in [1.165, 1.54) is 0 Å². The summed E-state index contributed by atoms with van der Waals surface area (Å²) in [7, 11) is 2.64. The predicted octanol–water partition coefficient (Wildman–Crippen LogP) is 2.46. The van der Waals surface area contributed by atoms with Crippen molar-refractivity contribution >= 4 is 12.6 Å². The Kier molecular flexibility index (Phi) is 4.47. The van der Waals surface area contributed by atoms with Crippen LogP contribution in [0.1, 0.15) is 27.7 Å². The number of ether oxygens (including phenoxy) is 2. The van der Waals surface area contributed by atoms with E-state index in [4.69, 9.17) is 18.8 Å². The van der Waals surface area contributed by atoms with Gasteiger partial charge in [0.05, 0.1) is 31.1 Å². The minimum atomic E-state index is -0.563. The van der Waals surface area contributed by atoms with Crippen LogP contribution in [0.3, 0.4) is 0 Å². The molecule has 1 fully saturated rings. The summed E-state index contributed by atoms with van der Waals surface area (Å²) in [5, 5.41) is 8.45. The highest BCUT2D eigenvalue weighted by Gasteiger charge is 2.52. The normalized spacial score (nSPS) is 18.2. The molecule has 2 heterocycles. The minimum Gasteiger partial charge on any atom is -0.497 e. The molecule has 0 bridgehead atoms. The van der Waals surface area contributed by atoms with Gasteiger partial charge in [0.1, 0.15) is 5.75 Å². The summed E-state index contributed by atoms with van der Waals surface area (Å²) in [4.78, 5) is 0. The Morgan fingerprint density at radius 2 is 1.48 bits per heavy atom. The smallest absolute Gasteiger partial charge is 0.497 e. The van der Waals surface area contributed by atoms with Gasteiger partial charge in [-0.05, 0) is 58.0 Å². The highest BCUT2D eigenvalue weighted by molar-refractivity contribution is 6.63. The first kappa shape index (κ1) is 17.7. The van der Waals surface area contributed by atoms with E-state index in [1.807, 2.05) is 58.0 Å². The molecule has 0 spiro atoms. The van der Waals surface area contributed by atoms with Crippen molar-refractivity contribution in [2.45, 2.75) is 38.9 Å². The maximum atomic E-state index is 6.13. The predicted molar refractivity (Wildman–Crippen MR) is 96.3 cm³/mol. The van der Waals surface area contributed by atoms with Crippen LogP contribution in [0.15, 0.2) is 30.3 Å². The van der Waals surface area contributed by atoms with Gasteiger partial charge in [0, 0.05) is 11.0 Å². The molecule has 1 saturated heterocycles. The largest absolute Gasteiger partial charge is 0.500 e. The van der Waals surface area contributed by atoms with E-state index in [9.17, 15) is 0 Å². The summed E-state index contributed by atoms with van der Waals surface area (Å²) in [6, 6.07) is 9.54. The molecule has 0 atom stereocenters. The Hall–Kier alpha value is -2.12. The topological polar surface area (TPSA) is 62.7 Å². The van der Waals surface area contributed by atoms with Crippen molar-refractivity contribution in [2.75, 3.05) is 14.2 Å². The van der Waals surface area contributed by atoms with Crippen molar-refractivity contribution in [1.29, 1.82) is 0 Å². The highest BCUT2D eigenvalue weighted by atomic mass is 16.7. The number of aromatic nitrogens is 2. The third-order valence-corrected chi connectivity index (χ3v) is 4.87. The van der Waals surface area contributed by atoms with E-state index in [2.05, 4.69) is 10.2 Å². The Balaban J connectivity index is 1.98. The average molecular weight is 342 g/mol. The number of hydrogen-bond acceptors (Lipinski definition) is 6. The van der Waals surface area contributed by atoms with Gasteiger partial charge in [0.15, 0.2) is 0 Å². The Morgan fingerprint density at radius 3 is 2.00 bits per heavy atom. The maximum absolute atomic E-state index is 6.13. The third-order valence-electron chi connectivity index (χ3n) is 4.87. The third kappa shape index (κ3) is 3.21. The molecule has 1 aliphatic heterocycles. The molecule has 1 aliphatic rings. The second-order valence-corrected chi connectivity index (χ2v) is 7.01. The van der Waals surface area contributed by atoms with E-state index in [0.717, 1.165) is 16.8 Å². The second-order valence-electron chi connectivity index (χ2n) is 7.01. The first-order valence-corrected chi connectivity index (χ1v) is 8.19. The van der Waals surface area contributed by atoms with Crippen LogP contribution < -0.4 is 14.9 Å². The summed E-state index contributed by atoms with van der Waals surface area (Å²) in [5.74, 6) is 1.19. The van der Waals surface area contributed by atoms with Gasteiger partial charge in [0.25, 0.3) is 0 Å². The van der Waals surface area contributed by atoms with Crippen LogP contribution in [0.25, 0.3) is 11.3 Å². The van der Waals surface area contributed by atoms with Crippen LogP contribution in [0.5, 0.6) is 11.6 Å². The number of methoxy groups -OCH3 is 2. The van der Waals surface area contributed by atoms with Crippen molar-refractivity contribution in [3.05, 3.63) is 30.3 Å². The quantitative estimate of drug-likeness (QED) is 0.796. The number of nitrogens with zero attached hydrogens (tertiary/aromatic N) is 2. The Bertz CT molecular complexity index is 746. The van der Waals surface area contributed by atoms with E-state index < -0.39 is 18.3 Å². The molecule has 3 rings (SSSR count). The fourth-order valence-corrected chi connectivity index (χ4v) is 2.60. The molecule has 0 radical (unpaired) electrons. The van der Waals surface area contributed by atoms with Gasteiger partial charge in [-0.15, -0.1) is 10.2 Å². The molecule has 1 aromatic heterocycles. The first-order chi connectivity index (χ1) is 11.8. The molecular formula is C18H23BN2O4. The highest BCUT2D eigenvalue weighted by Crippen LogP contribution is 2.37. The summed E-state index contributed by atoms with van der Waals surface area (Å²) >= 11 is 0. The summed E-state index contributed by atoms with van der Waals surface area (Å²) in [6.07, 6.45) is 0. The molecule has 7 heteroatoms. The van der Waals surface area contributed by atoms with Gasteiger partial charge in [0.2, 0.25) is 5.88 Å². The molecule has 0 saturated carbocycles. The van der Waals surface area contributed by atoms with Crippen molar-refractivity contribution in [3.63, 3.8) is 0 Å². The molecule has 25 heavy (non-hydrogen) atoms. The number of hydrogen-bond donors (Lipinski definition) is 0. The molecule has 0 unspecified atom stereocenters. The van der Waals surface area contributed by atoms with Crippen molar-refractivity contribution < 1.29 is 18.8 Å². The first-order valence-electron chi connectivity index (χ1n) is 8.19. The zero-order chi connectivity index (χ0) is 18.2. The average Bonchev–Trinajstić information content (AvgIpc) is 2.82. The second kappa shape index (κ2) is 6.31. The van der Waals surface area contributed by atoms with Crippen LogP contribution >= 0.6 is 0 Å². The van der Waals surface area contributed by atoms with Crippen molar-refractivity contribution in [3.8, 4) is 22.9 Å². The van der Waals surface area contributed by atoms with E-state index >= 15 is 0 Å². The molecule has 1 aromatic carbocycles. The lowest BCUT2D eigenvalue weighted by atomic mass is 9.79. The standard InChI is InChI=1S/C18H23BN2O4/c1-17(2)18(3,4)25-19(24-17)14-11-15(20-21-16(14)23-6)12-7-9-13(22-5)10-8-12/h7-11H,1-6H3. The summed E-state index contributed by atoms with van der Waals surface area (Å²) < 4.78 is 22.8.